The Kier molecular flexibility index (Phi) is 7.28. The summed E-state index contributed by atoms with van der Waals surface area (Å²) in [6.07, 6.45) is 4.16. The maximum Gasteiger partial charge on any atom is 1.00 e. The van der Waals surface area contributed by atoms with E-state index in [0.717, 1.165) is 19.3 Å². The van der Waals surface area contributed by atoms with E-state index in [1.807, 2.05) is 0 Å². The molecule has 0 N–H and O–H groups in total. The third-order valence-electron chi connectivity index (χ3n) is 2.82. The second kappa shape index (κ2) is 7.01. The van der Waals surface area contributed by atoms with Gasteiger partial charge in [0.15, 0.2) is 0 Å². The molecule has 1 saturated carbocycles. The summed E-state index contributed by atoms with van der Waals surface area (Å²) in [7, 11) is 1.31. The Hall–Kier alpha value is 0.580. The van der Waals surface area contributed by atoms with Crippen LogP contribution in [0.3, 0.4) is 0 Å². The molecule has 0 spiro atoms. The van der Waals surface area contributed by atoms with E-state index >= 15 is 0 Å². The minimum absolute atomic E-state index is 0. The summed E-state index contributed by atoms with van der Waals surface area (Å²) in [5, 5.41) is 0. The quantitative estimate of drug-likeness (QED) is 0.326. The fraction of sp³-hybridized carbons (Fsp3) is 0.889. The molecule has 4 nitrogen and oxygen atoms in total. The molecule has 1 fully saturated rings. The first kappa shape index (κ1) is 15.6. The van der Waals surface area contributed by atoms with Crippen molar-refractivity contribution in [2.45, 2.75) is 32.1 Å². The number of carbonyl (C=O) groups excluding carboxylic acids is 1. The van der Waals surface area contributed by atoms with E-state index < -0.39 is 16.5 Å². The zero-order chi connectivity index (χ0) is 10.6. The van der Waals surface area contributed by atoms with Gasteiger partial charge in [0.25, 0.3) is 0 Å². The Labute approximate surface area is 115 Å². The molecule has 0 bridgehead atoms. The zero-order valence-electron chi connectivity index (χ0n) is 9.28. The second-order valence-electron chi connectivity index (χ2n) is 3.78. The summed E-state index contributed by atoms with van der Waals surface area (Å²) >= 11 is -2.18. The van der Waals surface area contributed by atoms with Crippen LogP contribution in [0.2, 0.25) is 0 Å². The summed E-state index contributed by atoms with van der Waals surface area (Å²) in [5.41, 5.74) is -0.764. The summed E-state index contributed by atoms with van der Waals surface area (Å²) in [6, 6.07) is 0. The van der Waals surface area contributed by atoms with Gasteiger partial charge in [-0.1, -0.05) is 30.3 Å². The smallest absolute Gasteiger partial charge is 0.772 e. The normalized spacial score (nSPS) is 21.2. The number of rotatable bonds is 3. The number of ether oxygens (including phenoxy) is 1. The van der Waals surface area contributed by atoms with Gasteiger partial charge in [-0.05, 0) is 12.8 Å². The van der Waals surface area contributed by atoms with Crippen molar-refractivity contribution in [2.75, 3.05) is 12.9 Å². The molecule has 0 radical (unpaired) electrons. The topological polar surface area (TPSA) is 66.4 Å². The number of hydrogen-bond acceptors (Lipinski definition) is 4. The van der Waals surface area contributed by atoms with Crippen LogP contribution < -0.4 is 29.6 Å². The van der Waals surface area contributed by atoms with Crippen LogP contribution in [0.5, 0.6) is 0 Å². The van der Waals surface area contributed by atoms with Crippen LogP contribution in [-0.4, -0.2) is 27.6 Å². The molecule has 1 rings (SSSR count). The van der Waals surface area contributed by atoms with Crippen molar-refractivity contribution in [1.29, 1.82) is 0 Å². The molecule has 0 aromatic heterocycles. The van der Waals surface area contributed by atoms with Crippen LogP contribution in [0.1, 0.15) is 32.1 Å². The molecule has 1 aliphatic carbocycles. The fourth-order valence-corrected chi connectivity index (χ4v) is 2.94. The number of esters is 1. The number of carbonyl (C=O) groups is 1. The van der Waals surface area contributed by atoms with Gasteiger partial charge < -0.3 is 9.29 Å². The van der Waals surface area contributed by atoms with E-state index in [0.29, 0.717) is 12.8 Å². The van der Waals surface area contributed by atoms with Gasteiger partial charge in [-0.25, -0.2) is 0 Å². The van der Waals surface area contributed by atoms with Crippen molar-refractivity contribution in [3.8, 4) is 0 Å². The molecule has 0 aliphatic heterocycles. The van der Waals surface area contributed by atoms with Crippen molar-refractivity contribution in [3.63, 3.8) is 0 Å². The van der Waals surface area contributed by atoms with Gasteiger partial charge in [0.2, 0.25) is 0 Å². The predicted molar refractivity (Wildman–Crippen MR) is 51.3 cm³/mol. The first-order valence-electron chi connectivity index (χ1n) is 4.75. The van der Waals surface area contributed by atoms with Crippen molar-refractivity contribution in [3.05, 3.63) is 0 Å². The van der Waals surface area contributed by atoms with Crippen LogP contribution in [-0.2, 0) is 20.6 Å². The molecular weight excluding hydrogens is 227 g/mol. The van der Waals surface area contributed by atoms with Gasteiger partial charge in [-0.15, -0.1) is 0 Å². The summed E-state index contributed by atoms with van der Waals surface area (Å²) in [6.45, 7) is 0. The van der Waals surface area contributed by atoms with E-state index in [1.165, 1.54) is 7.11 Å². The summed E-state index contributed by atoms with van der Waals surface area (Å²) < 4.78 is 26.1. The maximum absolute atomic E-state index is 11.5. The third-order valence-corrected chi connectivity index (χ3v) is 3.61. The fourth-order valence-electron chi connectivity index (χ4n) is 2.08. The van der Waals surface area contributed by atoms with Crippen molar-refractivity contribution in [1.82, 2.24) is 0 Å². The molecule has 1 unspecified atom stereocenters. The van der Waals surface area contributed by atoms with E-state index in [1.54, 1.807) is 0 Å². The van der Waals surface area contributed by atoms with Crippen molar-refractivity contribution >= 4 is 17.0 Å². The van der Waals surface area contributed by atoms with Gasteiger partial charge in [0.05, 0.1) is 12.5 Å². The molecule has 1 aliphatic rings. The predicted octanol–water partition coefficient (Wildman–Crippen LogP) is -2.01. The molecule has 0 heterocycles. The van der Waals surface area contributed by atoms with E-state index in [2.05, 4.69) is 4.74 Å². The van der Waals surface area contributed by atoms with Crippen LogP contribution >= 0.6 is 0 Å². The molecule has 1 atom stereocenters. The second-order valence-corrected chi connectivity index (χ2v) is 4.68. The SMILES string of the molecule is COC(=O)C1(CS(=O)[O-])CCCCC1.[Na+]. The molecule has 0 amide bonds. The average molecular weight is 242 g/mol. The van der Waals surface area contributed by atoms with Crippen molar-refractivity contribution in [2.24, 2.45) is 5.41 Å². The van der Waals surface area contributed by atoms with Crippen LogP contribution in [0, 0.1) is 5.41 Å². The first-order valence-corrected chi connectivity index (χ1v) is 5.99. The van der Waals surface area contributed by atoms with Gasteiger partial charge in [-0.3, -0.25) is 9.00 Å². The van der Waals surface area contributed by atoms with Gasteiger partial charge in [0.1, 0.15) is 0 Å². The maximum atomic E-state index is 11.5. The van der Waals surface area contributed by atoms with Crippen LogP contribution in [0.15, 0.2) is 0 Å². The number of hydrogen-bond donors (Lipinski definition) is 0. The Bertz CT molecular complexity index is 238. The van der Waals surface area contributed by atoms with Gasteiger partial charge >= 0.3 is 35.5 Å². The van der Waals surface area contributed by atoms with Crippen molar-refractivity contribution < 1.29 is 47.9 Å². The Morgan fingerprint density at radius 3 is 2.33 bits per heavy atom. The molecule has 0 saturated heterocycles. The zero-order valence-corrected chi connectivity index (χ0v) is 12.1. The molecule has 15 heavy (non-hydrogen) atoms. The molecule has 0 aromatic rings. The molecule has 6 heteroatoms. The Balaban J connectivity index is 0.00000196. The van der Waals surface area contributed by atoms with E-state index in [4.69, 9.17) is 0 Å². The van der Waals surface area contributed by atoms with E-state index in [9.17, 15) is 13.6 Å². The Morgan fingerprint density at radius 2 is 1.93 bits per heavy atom. The monoisotopic (exact) mass is 242 g/mol. The largest absolute Gasteiger partial charge is 1.00 e. The van der Waals surface area contributed by atoms with Gasteiger partial charge in [-0.2, -0.15) is 0 Å². The molecule has 0 aromatic carbocycles. The third kappa shape index (κ3) is 4.15. The van der Waals surface area contributed by atoms with Gasteiger partial charge in [0, 0.05) is 5.75 Å². The first-order chi connectivity index (χ1) is 6.60. The standard InChI is InChI=1S/C9H16O4S.Na/c1-13-8(10)9(7-14(11)12)5-3-2-4-6-9;/h2-7H2,1H3,(H,11,12);/q;+1/p-1. The molecule has 82 valence electrons. The Morgan fingerprint density at radius 1 is 1.40 bits per heavy atom. The summed E-state index contributed by atoms with van der Waals surface area (Å²) in [4.78, 5) is 11.5. The minimum Gasteiger partial charge on any atom is -0.772 e. The number of methoxy groups -OCH3 is 1. The average Bonchev–Trinajstić information content (AvgIpc) is 2.17. The summed E-state index contributed by atoms with van der Waals surface area (Å²) in [5.74, 6) is -0.471. The van der Waals surface area contributed by atoms with Crippen LogP contribution in [0.25, 0.3) is 0 Å². The minimum atomic E-state index is -2.18. The van der Waals surface area contributed by atoms with E-state index in [-0.39, 0.29) is 41.3 Å². The van der Waals surface area contributed by atoms with Crippen LogP contribution in [0.4, 0.5) is 0 Å². The molecular formula is C9H15NaO4S.